The number of hydrogen-bond donors (Lipinski definition) is 2. The zero-order valence-corrected chi connectivity index (χ0v) is 12.8. The third-order valence-corrected chi connectivity index (χ3v) is 3.91. The fourth-order valence-electron chi connectivity index (χ4n) is 1.73. The van der Waals surface area contributed by atoms with Gasteiger partial charge in [0, 0.05) is 6.07 Å². The number of anilines is 1. The van der Waals surface area contributed by atoms with Gasteiger partial charge in [-0.3, -0.25) is 9.27 Å². The van der Waals surface area contributed by atoms with Crippen LogP contribution in [0.4, 0.5) is 5.82 Å². The highest BCUT2D eigenvalue weighted by molar-refractivity contribution is 7.92. The average Bonchev–Trinajstić information content (AvgIpc) is 2.67. The summed E-state index contributed by atoms with van der Waals surface area (Å²) in [6.07, 6.45) is 0.994. The zero-order valence-electron chi connectivity index (χ0n) is 11.2. The Bertz CT molecular complexity index is 884. The Morgan fingerprint density at radius 2 is 1.86 bits per heavy atom. The normalized spacial score (nSPS) is 12.3. The molecule has 114 valence electrons. The van der Waals surface area contributed by atoms with Crippen molar-refractivity contribution < 1.29 is 21.4 Å². The topological polar surface area (TPSA) is 118 Å². The summed E-state index contributed by atoms with van der Waals surface area (Å²) in [5.74, 6) is 0.169. The van der Waals surface area contributed by atoms with Gasteiger partial charge in [-0.15, -0.1) is 0 Å². The number of hydrogen-bond acceptors (Lipinski definition) is 5. The first kappa shape index (κ1) is 15.5. The van der Waals surface area contributed by atoms with Crippen molar-refractivity contribution in [3.05, 3.63) is 36.0 Å². The molecule has 0 fully saturated rings. The second-order valence-electron chi connectivity index (χ2n) is 4.43. The second kappa shape index (κ2) is 5.13. The highest BCUT2D eigenvalue weighted by Gasteiger charge is 2.14. The number of aromatic nitrogens is 2. The first-order chi connectivity index (χ1) is 9.56. The van der Waals surface area contributed by atoms with Gasteiger partial charge < -0.3 is 0 Å². The largest absolute Gasteiger partial charge is 0.294 e. The summed E-state index contributed by atoms with van der Waals surface area (Å²) in [5.41, 5.74) is 0.836. The first-order valence-corrected chi connectivity index (χ1v) is 9.02. The van der Waals surface area contributed by atoms with Gasteiger partial charge in [-0.05, 0) is 25.1 Å². The fraction of sp³-hybridized carbons (Fsp3) is 0.182. The summed E-state index contributed by atoms with van der Waals surface area (Å²) >= 11 is 0. The molecule has 0 saturated carbocycles. The molecule has 0 aliphatic rings. The van der Waals surface area contributed by atoms with Gasteiger partial charge in [0.2, 0.25) is 10.0 Å². The van der Waals surface area contributed by atoms with E-state index < -0.39 is 20.1 Å². The maximum atomic E-state index is 11.3. The van der Waals surface area contributed by atoms with Crippen LogP contribution in [0.5, 0.6) is 0 Å². The summed E-state index contributed by atoms with van der Waals surface area (Å²) in [4.78, 5) is -0.307. The molecule has 0 aliphatic heterocycles. The van der Waals surface area contributed by atoms with Crippen molar-refractivity contribution >= 4 is 26.0 Å². The van der Waals surface area contributed by atoms with Crippen LogP contribution in [0.2, 0.25) is 0 Å². The summed E-state index contributed by atoms with van der Waals surface area (Å²) in [6.45, 7) is 1.66. The molecule has 0 saturated heterocycles. The quantitative estimate of drug-likeness (QED) is 0.800. The van der Waals surface area contributed by atoms with Gasteiger partial charge >= 0.3 is 0 Å². The molecule has 1 aromatic carbocycles. The highest BCUT2D eigenvalue weighted by Crippen LogP contribution is 2.20. The zero-order chi connectivity index (χ0) is 15.8. The van der Waals surface area contributed by atoms with Crippen LogP contribution < -0.4 is 4.72 Å². The smallest absolute Gasteiger partial charge is 0.282 e. The molecular formula is C11H13N3O5S2. The van der Waals surface area contributed by atoms with E-state index in [0.29, 0.717) is 11.4 Å². The van der Waals surface area contributed by atoms with Crippen LogP contribution in [-0.4, -0.2) is 37.4 Å². The Morgan fingerprint density at radius 3 is 2.43 bits per heavy atom. The lowest BCUT2D eigenvalue weighted by Gasteiger charge is -2.09. The molecule has 0 spiro atoms. The third kappa shape index (κ3) is 3.80. The van der Waals surface area contributed by atoms with Gasteiger partial charge in [0.05, 0.1) is 22.5 Å². The third-order valence-electron chi connectivity index (χ3n) is 2.48. The SMILES string of the molecule is Cc1cc(NS(C)(=O)=O)n(-c2cccc(S(=O)(=O)O)c2)n1. The summed E-state index contributed by atoms with van der Waals surface area (Å²) < 4.78 is 57.5. The lowest BCUT2D eigenvalue weighted by molar-refractivity contribution is 0.483. The van der Waals surface area contributed by atoms with Gasteiger partial charge in [0.15, 0.2) is 0 Å². The van der Waals surface area contributed by atoms with Crippen LogP contribution >= 0.6 is 0 Å². The maximum absolute atomic E-state index is 11.3. The first-order valence-electron chi connectivity index (χ1n) is 5.69. The molecule has 8 nitrogen and oxygen atoms in total. The maximum Gasteiger partial charge on any atom is 0.294 e. The van der Waals surface area contributed by atoms with Gasteiger partial charge in [-0.1, -0.05) is 6.07 Å². The van der Waals surface area contributed by atoms with Crippen molar-refractivity contribution in [2.45, 2.75) is 11.8 Å². The van der Waals surface area contributed by atoms with E-state index >= 15 is 0 Å². The monoisotopic (exact) mass is 331 g/mol. The molecule has 0 bridgehead atoms. The van der Waals surface area contributed by atoms with Gasteiger partial charge in [0.25, 0.3) is 10.1 Å². The van der Waals surface area contributed by atoms with Crippen molar-refractivity contribution in [3.8, 4) is 5.69 Å². The molecule has 2 N–H and O–H groups in total. The van der Waals surface area contributed by atoms with Gasteiger partial charge in [-0.25, -0.2) is 13.1 Å². The predicted octanol–water partition coefficient (Wildman–Crippen LogP) is 0.799. The lowest BCUT2D eigenvalue weighted by Crippen LogP contribution is -2.13. The predicted molar refractivity (Wildman–Crippen MR) is 76.6 cm³/mol. The minimum Gasteiger partial charge on any atom is -0.282 e. The fourth-order valence-corrected chi connectivity index (χ4v) is 2.78. The van der Waals surface area contributed by atoms with E-state index in [1.165, 1.54) is 35.0 Å². The van der Waals surface area contributed by atoms with E-state index in [1.54, 1.807) is 6.92 Å². The lowest BCUT2D eigenvalue weighted by atomic mass is 10.3. The van der Waals surface area contributed by atoms with Crippen LogP contribution in [0.3, 0.4) is 0 Å². The molecule has 2 rings (SSSR count). The van der Waals surface area contributed by atoms with Crippen LogP contribution in [-0.2, 0) is 20.1 Å². The van der Waals surface area contributed by atoms with E-state index in [-0.39, 0.29) is 10.7 Å². The molecule has 0 aliphatic carbocycles. The van der Waals surface area contributed by atoms with Crippen LogP contribution in [0.15, 0.2) is 35.2 Å². The van der Waals surface area contributed by atoms with Crippen LogP contribution in [0.1, 0.15) is 5.69 Å². The van der Waals surface area contributed by atoms with Gasteiger partial charge in [-0.2, -0.15) is 13.5 Å². The molecule has 1 aromatic heterocycles. The number of rotatable bonds is 4. The highest BCUT2D eigenvalue weighted by atomic mass is 32.2. The van der Waals surface area contributed by atoms with E-state index in [1.807, 2.05) is 0 Å². The van der Waals surface area contributed by atoms with Crippen molar-refractivity contribution in [2.75, 3.05) is 11.0 Å². The van der Waals surface area contributed by atoms with E-state index in [9.17, 15) is 16.8 Å². The number of aryl methyl sites for hydroxylation is 1. The Morgan fingerprint density at radius 1 is 1.19 bits per heavy atom. The Balaban J connectivity index is 2.57. The molecule has 0 amide bonds. The molecule has 0 radical (unpaired) electrons. The van der Waals surface area contributed by atoms with E-state index in [4.69, 9.17) is 4.55 Å². The van der Waals surface area contributed by atoms with Crippen molar-refractivity contribution in [1.29, 1.82) is 0 Å². The Kier molecular flexibility index (Phi) is 3.78. The van der Waals surface area contributed by atoms with E-state index in [2.05, 4.69) is 9.82 Å². The van der Waals surface area contributed by atoms with Gasteiger partial charge in [0.1, 0.15) is 5.82 Å². The number of benzene rings is 1. The van der Waals surface area contributed by atoms with Crippen LogP contribution in [0.25, 0.3) is 5.69 Å². The summed E-state index contributed by atoms with van der Waals surface area (Å²) in [5, 5.41) is 4.10. The van der Waals surface area contributed by atoms with Crippen LogP contribution in [0, 0.1) is 6.92 Å². The summed E-state index contributed by atoms with van der Waals surface area (Å²) in [7, 11) is -7.87. The standard InChI is InChI=1S/C11H13N3O5S2/c1-8-6-11(13-20(2,15)16)14(12-8)9-4-3-5-10(7-9)21(17,18)19/h3-7,13H,1-2H3,(H,17,18,19). The number of nitrogens with one attached hydrogen (secondary N) is 1. The molecule has 1 heterocycles. The minimum absolute atomic E-state index is 0.169. The number of nitrogens with zero attached hydrogens (tertiary/aromatic N) is 2. The molecule has 0 atom stereocenters. The number of sulfonamides is 1. The van der Waals surface area contributed by atoms with Crippen molar-refractivity contribution in [2.24, 2.45) is 0 Å². The molecule has 2 aromatic rings. The summed E-state index contributed by atoms with van der Waals surface area (Å²) in [6, 6.07) is 6.86. The second-order valence-corrected chi connectivity index (χ2v) is 7.60. The molecule has 0 unspecified atom stereocenters. The molecule has 10 heteroatoms. The van der Waals surface area contributed by atoms with E-state index in [0.717, 1.165) is 6.26 Å². The molecule has 21 heavy (non-hydrogen) atoms. The van der Waals surface area contributed by atoms with Crippen molar-refractivity contribution in [3.63, 3.8) is 0 Å². The minimum atomic E-state index is -4.35. The van der Waals surface area contributed by atoms with Crippen molar-refractivity contribution in [1.82, 2.24) is 9.78 Å². The Hall–Kier alpha value is -1.91. The Labute approximate surface area is 122 Å². The average molecular weight is 331 g/mol. The molecular weight excluding hydrogens is 318 g/mol.